The van der Waals surface area contributed by atoms with Crippen molar-refractivity contribution < 1.29 is 13.5 Å². The molecule has 0 fully saturated rings. The fourth-order valence-corrected chi connectivity index (χ4v) is 4.14. The number of fused-ring (bicyclic) bond motifs is 1. The predicted octanol–water partition coefficient (Wildman–Crippen LogP) is 5.67. The minimum atomic E-state index is -0.629. The number of halogens is 3. The number of aryl methyl sites for hydroxylation is 2. The molecule has 6 nitrogen and oxygen atoms in total. The zero-order valence-corrected chi connectivity index (χ0v) is 19.6. The van der Waals surface area contributed by atoms with Crippen LogP contribution in [0.3, 0.4) is 0 Å². The highest BCUT2D eigenvalue weighted by Crippen LogP contribution is 2.25. The number of pyridine rings is 1. The van der Waals surface area contributed by atoms with Gasteiger partial charge < -0.3 is 4.74 Å². The van der Waals surface area contributed by atoms with Crippen molar-refractivity contribution in [3.8, 4) is 22.7 Å². The van der Waals surface area contributed by atoms with Gasteiger partial charge in [0.15, 0.2) is 11.4 Å². The second kappa shape index (κ2) is 8.96. The third kappa shape index (κ3) is 4.28. The molecule has 9 heteroatoms. The SMILES string of the molecule is Cc1nc2c(OCc3cccc(Cl)c3)cccn2c(=O)c1-c1cc(C)n(-c2cc(F)ccc2F)n1. The van der Waals surface area contributed by atoms with Gasteiger partial charge in [-0.05, 0) is 61.9 Å². The van der Waals surface area contributed by atoms with Crippen molar-refractivity contribution >= 4 is 17.2 Å². The molecule has 0 aliphatic heterocycles. The van der Waals surface area contributed by atoms with Gasteiger partial charge in [-0.1, -0.05) is 23.7 Å². The van der Waals surface area contributed by atoms with Crippen LogP contribution in [0, 0.1) is 25.5 Å². The Kier molecular flexibility index (Phi) is 5.82. The second-order valence-corrected chi connectivity index (χ2v) is 8.48. The molecule has 3 heterocycles. The highest BCUT2D eigenvalue weighted by molar-refractivity contribution is 6.30. The Labute approximate surface area is 204 Å². The Morgan fingerprint density at radius 2 is 1.86 bits per heavy atom. The quantitative estimate of drug-likeness (QED) is 0.317. The molecule has 0 unspecified atom stereocenters. The van der Waals surface area contributed by atoms with Crippen molar-refractivity contribution in [2.24, 2.45) is 0 Å². The van der Waals surface area contributed by atoms with Gasteiger partial charge in [0.05, 0.1) is 11.3 Å². The van der Waals surface area contributed by atoms with Gasteiger partial charge >= 0.3 is 0 Å². The fraction of sp³-hybridized carbons (Fsp3) is 0.115. The van der Waals surface area contributed by atoms with E-state index in [1.54, 1.807) is 50.4 Å². The van der Waals surface area contributed by atoms with Crippen LogP contribution >= 0.6 is 11.6 Å². The first-order valence-electron chi connectivity index (χ1n) is 10.7. The van der Waals surface area contributed by atoms with Crippen molar-refractivity contribution in [1.82, 2.24) is 19.2 Å². The van der Waals surface area contributed by atoms with Crippen LogP contribution in [0.1, 0.15) is 17.0 Å². The van der Waals surface area contributed by atoms with Crippen LogP contribution in [-0.4, -0.2) is 19.2 Å². The van der Waals surface area contributed by atoms with E-state index >= 15 is 0 Å². The maximum absolute atomic E-state index is 14.3. The lowest BCUT2D eigenvalue weighted by molar-refractivity contribution is 0.308. The molecular formula is C26H19ClF2N4O2. The van der Waals surface area contributed by atoms with Gasteiger partial charge in [0.25, 0.3) is 5.56 Å². The summed E-state index contributed by atoms with van der Waals surface area (Å²) in [4.78, 5) is 18.1. The Morgan fingerprint density at radius 1 is 1.03 bits per heavy atom. The van der Waals surface area contributed by atoms with Crippen LogP contribution in [0.2, 0.25) is 5.02 Å². The maximum Gasteiger partial charge on any atom is 0.267 e. The molecule has 5 aromatic rings. The molecule has 0 N–H and O–H groups in total. The molecule has 5 rings (SSSR count). The van der Waals surface area contributed by atoms with Crippen molar-refractivity contribution in [3.05, 3.63) is 111 Å². The first-order valence-corrected chi connectivity index (χ1v) is 11.1. The standard InChI is InChI=1S/C26H19ClF2N4O2/c1-15-11-21(31-33(15)22-13-19(28)8-9-20(22)29)24-16(2)30-25-23(7-4-10-32(25)26(24)34)35-14-17-5-3-6-18(27)12-17/h3-13H,14H2,1-2H3. The summed E-state index contributed by atoms with van der Waals surface area (Å²) in [6.07, 6.45) is 1.59. The highest BCUT2D eigenvalue weighted by atomic mass is 35.5. The molecule has 0 spiro atoms. The monoisotopic (exact) mass is 492 g/mol. The van der Waals surface area contributed by atoms with Crippen LogP contribution < -0.4 is 10.3 Å². The predicted molar refractivity (Wildman–Crippen MR) is 129 cm³/mol. The Hall–Kier alpha value is -4.04. The van der Waals surface area contributed by atoms with E-state index in [1.807, 2.05) is 12.1 Å². The number of hydrogen-bond acceptors (Lipinski definition) is 4. The van der Waals surface area contributed by atoms with Gasteiger partial charge in [0, 0.05) is 23.0 Å². The van der Waals surface area contributed by atoms with E-state index in [4.69, 9.17) is 16.3 Å². The van der Waals surface area contributed by atoms with E-state index in [9.17, 15) is 13.6 Å². The first-order chi connectivity index (χ1) is 16.8. The van der Waals surface area contributed by atoms with Crippen LogP contribution in [0.5, 0.6) is 5.75 Å². The minimum absolute atomic E-state index is 0.0445. The summed E-state index contributed by atoms with van der Waals surface area (Å²) < 4.78 is 36.7. The minimum Gasteiger partial charge on any atom is -0.485 e. The van der Waals surface area contributed by atoms with Crippen LogP contribution in [0.25, 0.3) is 22.6 Å². The number of nitrogens with zero attached hydrogens (tertiary/aromatic N) is 4. The van der Waals surface area contributed by atoms with Gasteiger partial charge in [-0.15, -0.1) is 0 Å². The number of rotatable bonds is 5. The molecule has 0 aliphatic rings. The molecule has 0 radical (unpaired) electrons. The van der Waals surface area contributed by atoms with E-state index in [2.05, 4.69) is 10.1 Å². The normalized spacial score (nSPS) is 11.2. The third-order valence-electron chi connectivity index (χ3n) is 5.56. The number of ether oxygens (including phenoxy) is 1. The topological polar surface area (TPSA) is 61.4 Å². The van der Waals surface area contributed by atoms with Crippen LogP contribution in [-0.2, 0) is 6.61 Å². The molecule has 0 amide bonds. The zero-order valence-electron chi connectivity index (χ0n) is 18.8. The summed E-state index contributed by atoms with van der Waals surface area (Å²) in [6.45, 7) is 3.64. The molecule has 0 aliphatic carbocycles. The van der Waals surface area contributed by atoms with E-state index in [-0.39, 0.29) is 23.4 Å². The summed E-state index contributed by atoms with van der Waals surface area (Å²) in [6, 6.07) is 15.5. The zero-order chi connectivity index (χ0) is 24.7. The average Bonchev–Trinajstić information content (AvgIpc) is 3.20. The molecule has 0 atom stereocenters. The molecule has 0 saturated carbocycles. The molecular weight excluding hydrogens is 474 g/mol. The number of hydrogen-bond donors (Lipinski definition) is 0. The van der Waals surface area contributed by atoms with Gasteiger partial charge in [-0.25, -0.2) is 18.4 Å². The van der Waals surface area contributed by atoms with Gasteiger partial charge in [-0.2, -0.15) is 5.10 Å². The summed E-state index contributed by atoms with van der Waals surface area (Å²) in [5.74, 6) is -0.787. The van der Waals surface area contributed by atoms with Crippen LogP contribution in [0.15, 0.2) is 71.7 Å². The fourth-order valence-electron chi connectivity index (χ4n) is 3.93. The molecule has 0 saturated heterocycles. The molecule has 0 bridgehead atoms. The number of benzene rings is 2. The van der Waals surface area contributed by atoms with Crippen molar-refractivity contribution in [1.29, 1.82) is 0 Å². The summed E-state index contributed by atoms with van der Waals surface area (Å²) in [7, 11) is 0. The highest BCUT2D eigenvalue weighted by Gasteiger charge is 2.19. The van der Waals surface area contributed by atoms with Gasteiger partial charge in [0.1, 0.15) is 29.6 Å². The Bertz CT molecular complexity index is 1650. The van der Waals surface area contributed by atoms with Gasteiger partial charge in [-0.3, -0.25) is 9.20 Å². The lowest BCUT2D eigenvalue weighted by atomic mass is 10.1. The van der Waals surface area contributed by atoms with Crippen molar-refractivity contribution in [2.45, 2.75) is 20.5 Å². The Balaban J connectivity index is 1.57. The summed E-state index contributed by atoms with van der Waals surface area (Å²) in [5, 5.41) is 5.00. The smallest absolute Gasteiger partial charge is 0.267 e. The molecule has 3 aromatic heterocycles. The summed E-state index contributed by atoms with van der Waals surface area (Å²) >= 11 is 6.05. The molecule has 2 aromatic carbocycles. The lowest BCUT2D eigenvalue weighted by Crippen LogP contribution is -2.19. The third-order valence-corrected chi connectivity index (χ3v) is 5.80. The average molecular weight is 493 g/mol. The largest absolute Gasteiger partial charge is 0.485 e. The van der Waals surface area contributed by atoms with E-state index < -0.39 is 11.6 Å². The van der Waals surface area contributed by atoms with Crippen LogP contribution in [0.4, 0.5) is 8.78 Å². The number of aromatic nitrogens is 4. The first kappa shape index (κ1) is 22.7. The van der Waals surface area contributed by atoms with E-state index in [1.165, 1.54) is 9.08 Å². The Morgan fingerprint density at radius 3 is 2.66 bits per heavy atom. The van der Waals surface area contributed by atoms with E-state index in [0.717, 1.165) is 23.8 Å². The van der Waals surface area contributed by atoms with Crippen molar-refractivity contribution in [3.63, 3.8) is 0 Å². The van der Waals surface area contributed by atoms with E-state index in [0.29, 0.717) is 33.5 Å². The summed E-state index contributed by atoms with van der Waals surface area (Å²) in [5.41, 5.74) is 2.36. The maximum atomic E-state index is 14.3. The van der Waals surface area contributed by atoms with Crippen molar-refractivity contribution in [2.75, 3.05) is 0 Å². The molecule has 176 valence electrons. The van der Waals surface area contributed by atoms with Gasteiger partial charge in [0.2, 0.25) is 0 Å². The second-order valence-electron chi connectivity index (χ2n) is 8.04. The molecule has 35 heavy (non-hydrogen) atoms. The lowest BCUT2D eigenvalue weighted by Gasteiger charge is -2.12.